The average Bonchev–Trinajstić information content (AvgIpc) is 2.67. The molecule has 4 heteroatoms. The minimum Gasteiger partial charge on any atom is -0.330 e. The van der Waals surface area contributed by atoms with E-state index in [1.807, 2.05) is 35.2 Å². The van der Waals surface area contributed by atoms with Gasteiger partial charge in [-0.15, -0.1) is 0 Å². The van der Waals surface area contributed by atoms with Gasteiger partial charge in [-0.05, 0) is 56.8 Å². The molecule has 1 amide bonds. The molecule has 0 bridgehead atoms. The Morgan fingerprint density at radius 2 is 1.73 bits per heavy atom. The Morgan fingerprint density at radius 3 is 2.35 bits per heavy atom. The van der Waals surface area contributed by atoms with Crippen LogP contribution in [0.5, 0.6) is 0 Å². The van der Waals surface area contributed by atoms with Crippen molar-refractivity contribution >= 4 is 5.91 Å². The summed E-state index contributed by atoms with van der Waals surface area (Å²) in [6.45, 7) is 1.47. The number of rotatable bonds is 6. The predicted octanol–water partition coefficient (Wildman–Crippen LogP) is 4.12. The van der Waals surface area contributed by atoms with Crippen molar-refractivity contribution in [2.24, 2.45) is 0 Å². The molecule has 138 valence electrons. The summed E-state index contributed by atoms with van der Waals surface area (Å²) < 4.78 is 0. The molecule has 1 fully saturated rings. The molecule has 4 nitrogen and oxygen atoms in total. The van der Waals surface area contributed by atoms with E-state index in [0.717, 1.165) is 30.6 Å². The van der Waals surface area contributed by atoms with Crippen LogP contribution in [0.25, 0.3) is 0 Å². The van der Waals surface area contributed by atoms with E-state index in [-0.39, 0.29) is 5.91 Å². The van der Waals surface area contributed by atoms with Crippen LogP contribution >= 0.6 is 0 Å². The van der Waals surface area contributed by atoms with Gasteiger partial charge in [-0.3, -0.25) is 9.78 Å². The van der Waals surface area contributed by atoms with E-state index in [0.29, 0.717) is 12.6 Å². The van der Waals surface area contributed by atoms with Gasteiger partial charge >= 0.3 is 0 Å². The summed E-state index contributed by atoms with van der Waals surface area (Å²) in [7, 11) is 4.10. The minimum atomic E-state index is 0.124. The lowest BCUT2D eigenvalue weighted by Crippen LogP contribution is -2.41. The lowest BCUT2D eigenvalue weighted by Gasteiger charge is -2.34. The van der Waals surface area contributed by atoms with Crippen LogP contribution in [0.15, 0.2) is 48.7 Å². The summed E-state index contributed by atoms with van der Waals surface area (Å²) in [5, 5.41) is 0. The molecule has 1 aliphatic carbocycles. The molecule has 3 rings (SSSR count). The van der Waals surface area contributed by atoms with Crippen molar-refractivity contribution in [3.63, 3.8) is 0 Å². The van der Waals surface area contributed by atoms with Gasteiger partial charge in [0.15, 0.2) is 0 Å². The van der Waals surface area contributed by atoms with Crippen LogP contribution < -0.4 is 0 Å². The van der Waals surface area contributed by atoms with Crippen molar-refractivity contribution in [1.29, 1.82) is 0 Å². The van der Waals surface area contributed by atoms with E-state index in [2.05, 4.69) is 36.1 Å². The lowest BCUT2D eigenvalue weighted by molar-refractivity contribution is 0.0611. The second-order valence-corrected chi connectivity index (χ2v) is 7.48. The van der Waals surface area contributed by atoms with Crippen molar-refractivity contribution in [2.45, 2.75) is 51.2 Å². The maximum Gasteiger partial charge on any atom is 0.254 e. The molecule has 0 aliphatic heterocycles. The quantitative estimate of drug-likeness (QED) is 0.785. The SMILES string of the molecule is CN(C)Cc1ccc(C(=O)N(Cc2ccccn2)C2CCCCC2)cc1. The fourth-order valence-electron chi connectivity index (χ4n) is 3.71. The summed E-state index contributed by atoms with van der Waals surface area (Å²) in [5.41, 5.74) is 2.95. The molecule has 0 atom stereocenters. The molecule has 0 N–H and O–H groups in total. The van der Waals surface area contributed by atoms with E-state index in [1.165, 1.54) is 24.8 Å². The third-order valence-electron chi connectivity index (χ3n) is 5.03. The normalized spacial score (nSPS) is 15.2. The van der Waals surface area contributed by atoms with Crippen LogP contribution in [0.2, 0.25) is 0 Å². The number of carbonyl (C=O) groups excluding carboxylic acids is 1. The van der Waals surface area contributed by atoms with E-state index >= 15 is 0 Å². The fourth-order valence-corrected chi connectivity index (χ4v) is 3.71. The Balaban J connectivity index is 1.79. The Morgan fingerprint density at radius 1 is 1.00 bits per heavy atom. The molecular formula is C22H29N3O. The summed E-state index contributed by atoms with van der Waals surface area (Å²) in [6, 6.07) is 14.3. The van der Waals surface area contributed by atoms with E-state index in [4.69, 9.17) is 0 Å². The van der Waals surface area contributed by atoms with Gasteiger partial charge in [0.1, 0.15) is 0 Å². The average molecular weight is 351 g/mol. The highest BCUT2D eigenvalue weighted by Crippen LogP contribution is 2.25. The zero-order valence-corrected chi connectivity index (χ0v) is 15.9. The number of pyridine rings is 1. The number of benzene rings is 1. The van der Waals surface area contributed by atoms with Gasteiger partial charge < -0.3 is 9.80 Å². The first-order valence-electron chi connectivity index (χ1n) is 9.58. The van der Waals surface area contributed by atoms with Crippen molar-refractivity contribution in [3.8, 4) is 0 Å². The fraction of sp³-hybridized carbons (Fsp3) is 0.455. The third kappa shape index (κ3) is 4.92. The minimum absolute atomic E-state index is 0.124. The van der Waals surface area contributed by atoms with Gasteiger partial charge in [0.25, 0.3) is 5.91 Å². The number of aromatic nitrogens is 1. The molecule has 1 aromatic carbocycles. The first kappa shape index (κ1) is 18.6. The van der Waals surface area contributed by atoms with Gasteiger partial charge in [0.05, 0.1) is 12.2 Å². The summed E-state index contributed by atoms with van der Waals surface area (Å²) in [5.74, 6) is 0.124. The molecule has 0 saturated heterocycles. The maximum absolute atomic E-state index is 13.3. The Bertz CT molecular complexity index is 691. The molecule has 1 saturated carbocycles. The maximum atomic E-state index is 13.3. The van der Waals surface area contributed by atoms with Crippen molar-refractivity contribution < 1.29 is 4.79 Å². The molecule has 0 radical (unpaired) electrons. The van der Waals surface area contributed by atoms with Gasteiger partial charge in [-0.2, -0.15) is 0 Å². The van der Waals surface area contributed by atoms with Crippen molar-refractivity contribution in [1.82, 2.24) is 14.8 Å². The second kappa shape index (κ2) is 8.95. The first-order valence-corrected chi connectivity index (χ1v) is 9.58. The highest BCUT2D eigenvalue weighted by atomic mass is 16.2. The van der Waals surface area contributed by atoms with Crippen LogP contribution in [0.4, 0.5) is 0 Å². The molecule has 1 aliphatic rings. The summed E-state index contributed by atoms with van der Waals surface area (Å²) in [4.78, 5) is 21.9. The lowest BCUT2D eigenvalue weighted by atomic mass is 9.93. The predicted molar refractivity (Wildman–Crippen MR) is 105 cm³/mol. The van der Waals surface area contributed by atoms with Crippen LogP contribution in [0, 0.1) is 0 Å². The number of amides is 1. The van der Waals surface area contributed by atoms with Gasteiger partial charge in [0, 0.05) is 24.3 Å². The van der Waals surface area contributed by atoms with Crippen molar-refractivity contribution in [3.05, 3.63) is 65.5 Å². The highest BCUT2D eigenvalue weighted by molar-refractivity contribution is 5.94. The molecule has 1 heterocycles. The monoisotopic (exact) mass is 351 g/mol. The van der Waals surface area contributed by atoms with Gasteiger partial charge in [0.2, 0.25) is 0 Å². The molecule has 2 aromatic rings. The Kier molecular flexibility index (Phi) is 6.40. The zero-order chi connectivity index (χ0) is 18.4. The summed E-state index contributed by atoms with van der Waals surface area (Å²) >= 11 is 0. The van der Waals surface area contributed by atoms with Crippen molar-refractivity contribution in [2.75, 3.05) is 14.1 Å². The van der Waals surface area contributed by atoms with Crippen LogP contribution in [0.3, 0.4) is 0 Å². The third-order valence-corrected chi connectivity index (χ3v) is 5.03. The van der Waals surface area contributed by atoms with Crippen LogP contribution in [0.1, 0.15) is 53.7 Å². The van der Waals surface area contributed by atoms with Crippen LogP contribution in [-0.4, -0.2) is 40.8 Å². The number of carbonyl (C=O) groups is 1. The number of hydrogen-bond acceptors (Lipinski definition) is 3. The van der Waals surface area contributed by atoms with E-state index < -0.39 is 0 Å². The highest BCUT2D eigenvalue weighted by Gasteiger charge is 2.26. The standard InChI is InChI=1S/C22H29N3O/c1-24(2)16-18-11-13-19(14-12-18)22(26)25(21-9-4-3-5-10-21)17-20-8-6-7-15-23-20/h6-8,11-15,21H,3-5,9-10,16-17H2,1-2H3. The smallest absolute Gasteiger partial charge is 0.254 e. The van der Waals surface area contributed by atoms with Crippen LogP contribution in [-0.2, 0) is 13.1 Å². The molecular weight excluding hydrogens is 322 g/mol. The summed E-state index contributed by atoms with van der Waals surface area (Å²) in [6.07, 6.45) is 7.68. The Hall–Kier alpha value is -2.20. The number of nitrogens with zero attached hydrogens (tertiary/aromatic N) is 3. The second-order valence-electron chi connectivity index (χ2n) is 7.48. The largest absolute Gasteiger partial charge is 0.330 e. The number of hydrogen-bond donors (Lipinski definition) is 0. The molecule has 26 heavy (non-hydrogen) atoms. The van der Waals surface area contributed by atoms with E-state index in [9.17, 15) is 4.79 Å². The molecule has 0 spiro atoms. The molecule has 0 unspecified atom stereocenters. The first-order chi connectivity index (χ1) is 12.6. The molecule has 1 aromatic heterocycles. The van der Waals surface area contributed by atoms with Gasteiger partial charge in [-0.1, -0.05) is 37.5 Å². The van der Waals surface area contributed by atoms with E-state index in [1.54, 1.807) is 6.20 Å². The van der Waals surface area contributed by atoms with Gasteiger partial charge in [-0.25, -0.2) is 0 Å². The Labute approximate surface area is 156 Å². The topological polar surface area (TPSA) is 36.4 Å². The zero-order valence-electron chi connectivity index (χ0n) is 15.9.